The van der Waals surface area contributed by atoms with Gasteiger partial charge in [-0.1, -0.05) is 31.2 Å². The highest BCUT2D eigenvalue weighted by atomic mass is 32.2. The fraction of sp³-hybridized carbons (Fsp3) is 0.348. The molecular weight excluding hydrogens is 443 g/mol. The highest BCUT2D eigenvalue weighted by molar-refractivity contribution is 8.04. The van der Waals surface area contributed by atoms with Crippen LogP contribution in [-0.4, -0.2) is 37.3 Å². The van der Waals surface area contributed by atoms with Crippen LogP contribution in [0.3, 0.4) is 0 Å². The highest BCUT2D eigenvalue weighted by Crippen LogP contribution is 2.55. The van der Waals surface area contributed by atoms with Crippen molar-refractivity contribution in [1.29, 1.82) is 0 Å². The minimum atomic E-state index is -4.29. The first-order valence-corrected chi connectivity index (χ1v) is 11.1. The third-order valence-electron chi connectivity index (χ3n) is 6.48. The SMILES string of the molecule is CC1C=C(CN2C(=O)C3(COc4cc5c(cc43)OCO5)c3ccccc32)SC1C(F)(F)F. The van der Waals surface area contributed by atoms with Gasteiger partial charge in [-0.25, -0.2) is 0 Å². The fourth-order valence-electron chi connectivity index (χ4n) is 5.02. The molecule has 0 saturated heterocycles. The second-order valence-electron chi connectivity index (χ2n) is 8.38. The first-order chi connectivity index (χ1) is 15.3. The maximum absolute atomic E-state index is 13.9. The minimum Gasteiger partial charge on any atom is -0.491 e. The van der Waals surface area contributed by atoms with E-state index >= 15 is 0 Å². The molecule has 1 spiro atoms. The van der Waals surface area contributed by atoms with E-state index in [4.69, 9.17) is 14.2 Å². The lowest BCUT2D eigenvalue weighted by atomic mass is 9.77. The lowest BCUT2D eigenvalue weighted by Crippen LogP contribution is -2.43. The third kappa shape index (κ3) is 2.63. The Labute approximate surface area is 186 Å². The zero-order valence-electron chi connectivity index (χ0n) is 16.9. The summed E-state index contributed by atoms with van der Waals surface area (Å²) in [5.41, 5.74) is 1.10. The quantitative estimate of drug-likeness (QED) is 0.652. The predicted molar refractivity (Wildman–Crippen MR) is 112 cm³/mol. The van der Waals surface area contributed by atoms with E-state index in [2.05, 4.69) is 0 Å². The minimum absolute atomic E-state index is 0.0963. The lowest BCUT2D eigenvalue weighted by Gasteiger charge is -2.24. The monoisotopic (exact) mass is 461 g/mol. The predicted octanol–water partition coefficient (Wildman–Crippen LogP) is 4.64. The number of anilines is 1. The van der Waals surface area contributed by atoms with Crippen molar-refractivity contribution in [1.82, 2.24) is 0 Å². The Kier molecular flexibility index (Phi) is 4.09. The number of amides is 1. The van der Waals surface area contributed by atoms with Crippen LogP contribution < -0.4 is 19.1 Å². The normalized spacial score (nSPS) is 27.6. The van der Waals surface area contributed by atoms with Gasteiger partial charge in [0, 0.05) is 22.2 Å². The molecule has 4 aliphatic rings. The molecule has 166 valence electrons. The molecule has 0 fully saturated rings. The summed E-state index contributed by atoms with van der Waals surface area (Å²) in [5.74, 6) is 0.817. The number of carbonyl (C=O) groups excluding carboxylic acids is 1. The van der Waals surface area contributed by atoms with Crippen molar-refractivity contribution < 1.29 is 32.2 Å². The summed E-state index contributed by atoms with van der Waals surface area (Å²) in [6, 6.07) is 10.9. The molecule has 1 amide bonds. The van der Waals surface area contributed by atoms with Gasteiger partial charge in [0.15, 0.2) is 11.5 Å². The van der Waals surface area contributed by atoms with Crippen LogP contribution in [-0.2, 0) is 10.2 Å². The first kappa shape index (κ1) is 19.8. The van der Waals surface area contributed by atoms with E-state index in [1.54, 1.807) is 30.0 Å². The number of hydrogen-bond donors (Lipinski definition) is 0. The Balaban J connectivity index is 1.40. The topological polar surface area (TPSA) is 48.0 Å². The maximum Gasteiger partial charge on any atom is 0.401 e. The number of allylic oxidation sites excluding steroid dienone is 1. The molecule has 2 aromatic carbocycles. The van der Waals surface area contributed by atoms with E-state index in [0.717, 1.165) is 17.3 Å². The Morgan fingerprint density at radius 1 is 1.09 bits per heavy atom. The van der Waals surface area contributed by atoms with Crippen molar-refractivity contribution in [3.63, 3.8) is 0 Å². The molecule has 9 heteroatoms. The number of rotatable bonds is 2. The molecule has 6 rings (SSSR count). The molecule has 0 aromatic heterocycles. The Bertz CT molecular complexity index is 1180. The van der Waals surface area contributed by atoms with Crippen LogP contribution in [0.4, 0.5) is 18.9 Å². The Hall–Kier alpha value is -2.81. The molecule has 3 atom stereocenters. The number of alkyl halides is 3. The molecule has 0 bridgehead atoms. The molecule has 2 aromatic rings. The van der Waals surface area contributed by atoms with Crippen molar-refractivity contribution in [2.24, 2.45) is 5.92 Å². The standard InChI is InChI=1S/C23H18F3NO4S/c1-12-6-13(32-20(12)23(24,25)26)9-27-16-5-3-2-4-14(16)22(21(27)28)10-29-17-8-19-18(7-15(17)22)30-11-31-19/h2-8,12,20H,9-11H2,1H3. The largest absolute Gasteiger partial charge is 0.491 e. The number of ether oxygens (including phenoxy) is 3. The van der Waals surface area contributed by atoms with Gasteiger partial charge >= 0.3 is 6.18 Å². The van der Waals surface area contributed by atoms with Gasteiger partial charge < -0.3 is 19.1 Å². The van der Waals surface area contributed by atoms with Crippen molar-refractivity contribution >= 4 is 23.4 Å². The Morgan fingerprint density at radius 3 is 2.59 bits per heavy atom. The highest BCUT2D eigenvalue weighted by Gasteiger charge is 2.58. The molecule has 5 nitrogen and oxygen atoms in total. The van der Waals surface area contributed by atoms with E-state index in [9.17, 15) is 18.0 Å². The van der Waals surface area contributed by atoms with Gasteiger partial charge in [0.2, 0.25) is 12.7 Å². The summed E-state index contributed by atoms with van der Waals surface area (Å²) in [4.78, 5) is 16.0. The van der Waals surface area contributed by atoms with Crippen molar-refractivity contribution in [2.75, 3.05) is 24.8 Å². The van der Waals surface area contributed by atoms with Gasteiger partial charge in [-0.3, -0.25) is 4.79 Å². The molecule has 4 heterocycles. The molecule has 0 radical (unpaired) electrons. The third-order valence-corrected chi connectivity index (χ3v) is 8.00. The van der Waals surface area contributed by atoms with E-state index < -0.39 is 22.8 Å². The van der Waals surface area contributed by atoms with E-state index in [0.29, 0.717) is 33.4 Å². The molecule has 0 saturated carbocycles. The average molecular weight is 461 g/mol. The number of hydrogen-bond acceptors (Lipinski definition) is 5. The number of fused-ring (bicyclic) bond motifs is 5. The number of thioether (sulfide) groups is 1. The second kappa shape index (κ2) is 6.60. The van der Waals surface area contributed by atoms with Gasteiger partial charge in [-0.05, 0) is 23.6 Å². The van der Waals surface area contributed by atoms with Crippen LogP contribution in [0.2, 0.25) is 0 Å². The zero-order valence-corrected chi connectivity index (χ0v) is 17.8. The van der Waals surface area contributed by atoms with Gasteiger partial charge in [-0.2, -0.15) is 13.2 Å². The van der Waals surface area contributed by atoms with Crippen LogP contribution in [0, 0.1) is 5.92 Å². The summed E-state index contributed by atoms with van der Waals surface area (Å²) < 4.78 is 56.9. The van der Waals surface area contributed by atoms with Crippen LogP contribution >= 0.6 is 11.8 Å². The van der Waals surface area contributed by atoms with Gasteiger partial charge in [0.05, 0.1) is 6.54 Å². The van der Waals surface area contributed by atoms with Crippen LogP contribution in [0.25, 0.3) is 0 Å². The van der Waals surface area contributed by atoms with Crippen LogP contribution in [0.1, 0.15) is 18.1 Å². The molecule has 0 aliphatic carbocycles. The van der Waals surface area contributed by atoms with Gasteiger partial charge in [-0.15, -0.1) is 11.8 Å². The summed E-state index contributed by atoms with van der Waals surface area (Å²) in [6.45, 7) is 1.87. The Morgan fingerprint density at radius 2 is 1.84 bits per heavy atom. The van der Waals surface area contributed by atoms with E-state index in [1.165, 1.54) is 0 Å². The maximum atomic E-state index is 13.9. The lowest BCUT2D eigenvalue weighted by molar-refractivity contribution is -0.133. The zero-order chi connectivity index (χ0) is 22.3. The summed E-state index contributed by atoms with van der Waals surface area (Å²) in [7, 11) is 0. The van der Waals surface area contributed by atoms with Gasteiger partial charge in [0.1, 0.15) is 23.0 Å². The average Bonchev–Trinajstić information content (AvgIpc) is 3.49. The number of halogens is 3. The number of nitrogens with zero attached hydrogens (tertiary/aromatic N) is 1. The first-order valence-electron chi connectivity index (χ1n) is 10.2. The van der Waals surface area contributed by atoms with Crippen LogP contribution in [0.15, 0.2) is 47.4 Å². The van der Waals surface area contributed by atoms with Crippen LogP contribution in [0.5, 0.6) is 17.2 Å². The number of para-hydroxylation sites is 1. The molecule has 3 unspecified atom stereocenters. The fourth-order valence-corrected chi connectivity index (χ4v) is 6.27. The molecular formula is C23H18F3NO4S. The van der Waals surface area contributed by atoms with Crippen molar-refractivity contribution in [2.45, 2.75) is 23.8 Å². The van der Waals surface area contributed by atoms with Gasteiger partial charge in [0.25, 0.3) is 0 Å². The van der Waals surface area contributed by atoms with E-state index in [-0.39, 0.29) is 25.9 Å². The molecule has 0 N–H and O–H groups in total. The summed E-state index contributed by atoms with van der Waals surface area (Å²) >= 11 is 0.797. The van der Waals surface area contributed by atoms with Crippen molar-refractivity contribution in [3.05, 3.63) is 58.5 Å². The number of benzene rings is 2. The van der Waals surface area contributed by atoms with E-state index in [1.807, 2.05) is 24.3 Å². The summed E-state index contributed by atoms with van der Waals surface area (Å²) in [5, 5.41) is -1.49. The number of carbonyl (C=O) groups is 1. The molecule has 32 heavy (non-hydrogen) atoms. The summed E-state index contributed by atoms with van der Waals surface area (Å²) in [6.07, 6.45) is -2.67. The molecule has 4 aliphatic heterocycles. The van der Waals surface area contributed by atoms with Crippen molar-refractivity contribution in [3.8, 4) is 17.2 Å². The smallest absolute Gasteiger partial charge is 0.401 e. The second-order valence-corrected chi connectivity index (χ2v) is 9.64.